The van der Waals surface area contributed by atoms with Gasteiger partial charge in [-0.05, 0) is 6.42 Å². The fourth-order valence-electron chi connectivity index (χ4n) is 3.25. The minimum atomic E-state index is -0.938. The molecule has 0 aromatic rings. The molecule has 2 amide bonds. The van der Waals surface area contributed by atoms with Crippen molar-refractivity contribution in [3.05, 3.63) is 0 Å². The summed E-state index contributed by atoms with van der Waals surface area (Å²) in [5.41, 5.74) is 0. The van der Waals surface area contributed by atoms with Crippen molar-refractivity contribution in [2.24, 2.45) is 11.8 Å². The molecule has 140 valence electrons. The molecular formula is C16H25N3O5S. The van der Waals surface area contributed by atoms with Gasteiger partial charge >= 0.3 is 5.97 Å². The highest BCUT2D eigenvalue weighted by molar-refractivity contribution is 7.99. The van der Waals surface area contributed by atoms with Gasteiger partial charge in [-0.15, -0.1) is 0 Å². The molecule has 3 atom stereocenters. The maximum Gasteiger partial charge on any atom is 0.307 e. The van der Waals surface area contributed by atoms with Crippen molar-refractivity contribution in [2.45, 2.75) is 25.8 Å². The molecule has 1 heterocycles. The molecule has 0 aromatic carbocycles. The third kappa shape index (κ3) is 5.43. The van der Waals surface area contributed by atoms with Gasteiger partial charge in [-0.2, -0.15) is 11.8 Å². The second kappa shape index (κ2) is 9.19. The Morgan fingerprint density at radius 2 is 2.04 bits per heavy atom. The van der Waals surface area contributed by atoms with Crippen LogP contribution >= 0.6 is 11.8 Å². The maximum atomic E-state index is 12.6. The lowest BCUT2D eigenvalue weighted by atomic mass is 9.98. The molecule has 3 unspecified atom stereocenters. The van der Waals surface area contributed by atoms with Gasteiger partial charge in [0.1, 0.15) is 11.8 Å². The van der Waals surface area contributed by atoms with Crippen LogP contribution in [0.4, 0.5) is 0 Å². The number of thioether (sulfide) groups is 1. The topological polar surface area (TPSA) is 116 Å². The summed E-state index contributed by atoms with van der Waals surface area (Å²) in [5.74, 6) is -1.82. The molecule has 1 saturated heterocycles. The average molecular weight is 371 g/mol. The Labute approximate surface area is 151 Å². The number of carbonyl (C=O) groups is 4. The molecule has 2 aliphatic rings. The number of Topliss-reactive ketones (excluding diaryl/α,β-unsaturated/α-hetero) is 1. The van der Waals surface area contributed by atoms with Gasteiger partial charge in [-0.25, -0.2) is 0 Å². The van der Waals surface area contributed by atoms with E-state index in [1.54, 1.807) is 4.90 Å². The number of rotatable bonds is 7. The quantitative estimate of drug-likeness (QED) is 0.544. The number of piperazine rings is 1. The van der Waals surface area contributed by atoms with Gasteiger partial charge in [0, 0.05) is 56.9 Å². The fraction of sp³-hybridized carbons (Fsp3) is 0.750. The minimum Gasteiger partial charge on any atom is -0.481 e. The highest BCUT2D eigenvalue weighted by Crippen LogP contribution is 2.31. The van der Waals surface area contributed by atoms with Gasteiger partial charge in [-0.3, -0.25) is 19.2 Å². The Kier molecular flexibility index (Phi) is 7.24. The molecule has 0 bridgehead atoms. The predicted octanol–water partition coefficient (Wildman–Crippen LogP) is -0.664. The van der Waals surface area contributed by atoms with Gasteiger partial charge in [0.25, 0.3) is 0 Å². The lowest BCUT2D eigenvalue weighted by Crippen LogP contribution is -2.54. The van der Waals surface area contributed by atoms with E-state index in [1.807, 2.05) is 0 Å². The summed E-state index contributed by atoms with van der Waals surface area (Å²) in [6, 6.07) is -0.652. The molecule has 3 N–H and O–H groups in total. The Morgan fingerprint density at radius 3 is 2.64 bits per heavy atom. The number of carbonyl (C=O) groups excluding carboxylic acids is 3. The lowest BCUT2D eigenvalue weighted by Gasteiger charge is -2.31. The number of ketones is 1. The highest BCUT2D eigenvalue weighted by atomic mass is 32.2. The van der Waals surface area contributed by atoms with E-state index in [1.165, 1.54) is 18.7 Å². The van der Waals surface area contributed by atoms with Crippen molar-refractivity contribution in [3.8, 4) is 0 Å². The number of nitrogens with one attached hydrogen (secondary N) is 2. The standard InChI is InChI=1S/C16H25N3O5S/c1-10(20)18-13(15(22)19-6-4-17-5-7-19)9-25-8-12-11(16(23)24)2-3-14(12)21/h11-13,17H,2-9H2,1H3,(H,18,20)(H,23,24). The van der Waals surface area contributed by atoms with Crippen LogP contribution in [0.2, 0.25) is 0 Å². The average Bonchev–Trinajstić information content (AvgIpc) is 2.95. The van der Waals surface area contributed by atoms with Crippen LogP contribution in [-0.2, 0) is 19.2 Å². The van der Waals surface area contributed by atoms with Crippen LogP contribution in [0.5, 0.6) is 0 Å². The largest absolute Gasteiger partial charge is 0.481 e. The number of carboxylic acids is 1. The van der Waals surface area contributed by atoms with Crippen LogP contribution in [-0.4, -0.2) is 77.3 Å². The van der Waals surface area contributed by atoms with Crippen LogP contribution in [0.3, 0.4) is 0 Å². The molecule has 0 spiro atoms. The first kappa shape index (κ1) is 19.7. The van der Waals surface area contributed by atoms with Crippen molar-refractivity contribution in [2.75, 3.05) is 37.7 Å². The van der Waals surface area contributed by atoms with Gasteiger partial charge < -0.3 is 20.6 Å². The molecule has 0 aromatic heterocycles. The summed E-state index contributed by atoms with van der Waals surface area (Å²) < 4.78 is 0. The molecular weight excluding hydrogens is 346 g/mol. The zero-order valence-corrected chi connectivity index (χ0v) is 15.1. The normalized spacial score (nSPS) is 24.8. The number of hydrogen-bond acceptors (Lipinski definition) is 6. The first-order chi connectivity index (χ1) is 11.9. The van der Waals surface area contributed by atoms with E-state index in [9.17, 15) is 24.3 Å². The SMILES string of the molecule is CC(=O)NC(CSCC1C(=O)CCC1C(=O)O)C(=O)N1CCNCC1. The third-order valence-electron chi connectivity index (χ3n) is 4.60. The molecule has 1 saturated carbocycles. The van der Waals surface area contributed by atoms with Crippen LogP contribution < -0.4 is 10.6 Å². The van der Waals surface area contributed by atoms with E-state index >= 15 is 0 Å². The summed E-state index contributed by atoms with van der Waals surface area (Å²) in [6.07, 6.45) is 0.686. The third-order valence-corrected chi connectivity index (χ3v) is 5.77. The predicted molar refractivity (Wildman–Crippen MR) is 93.2 cm³/mol. The van der Waals surface area contributed by atoms with Gasteiger partial charge in [0.15, 0.2) is 0 Å². The van der Waals surface area contributed by atoms with Gasteiger partial charge in [0.05, 0.1) is 5.92 Å². The fourth-order valence-corrected chi connectivity index (χ4v) is 4.52. The maximum absolute atomic E-state index is 12.6. The van der Waals surface area contributed by atoms with Crippen LogP contribution in [0, 0.1) is 11.8 Å². The van der Waals surface area contributed by atoms with E-state index in [0.29, 0.717) is 37.4 Å². The molecule has 1 aliphatic heterocycles. The van der Waals surface area contributed by atoms with E-state index in [-0.39, 0.29) is 17.6 Å². The van der Waals surface area contributed by atoms with Crippen molar-refractivity contribution in [1.82, 2.24) is 15.5 Å². The summed E-state index contributed by atoms with van der Waals surface area (Å²) in [6.45, 7) is 4.01. The zero-order chi connectivity index (χ0) is 18.4. The molecule has 2 fully saturated rings. The molecule has 0 radical (unpaired) electrons. The molecule has 2 rings (SSSR count). The van der Waals surface area contributed by atoms with Crippen molar-refractivity contribution in [3.63, 3.8) is 0 Å². The second-order valence-corrected chi connectivity index (χ2v) is 7.50. The first-order valence-corrected chi connectivity index (χ1v) is 9.65. The number of aliphatic carboxylic acids is 1. The number of amides is 2. The minimum absolute atomic E-state index is 0.0237. The van der Waals surface area contributed by atoms with E-state index in [4.69, 9.17) is 0 Å². The van der Waals surface area contributed by atoms with Crippen LogP contribution in [0.25, 0.3) is 0 Å². The summed E-state index contributed by atoms with van der Waals surface area (Å²) >= 11 is 1.36. The van der Waals surface area contributed by atoms with E-state index in [0.717, 1.165) is 13.1 Å². The Morgan fingerprint density at radius 1 is 1.36 bits per heavy atom. The van der Waals surface area contributed by atoms with E-state index < -0.39 is 23.8 Å². The molecule has 8 nitrogen and oxygen atoms in total. The Balaban J connectivity index is 1.90. The molecule has 1 aliphatic carbocycles. The van der Waals surface area contributed by atoms with Crippen molar-refractivity contribution >= 4 is 35.3 Å². The second-order valence-electron chi connectivity index (χ2n) is 6.42. The van der Waals surface area contributed by atoms with Gasteiger partial charge in [-0.1, -0.05) is 0 Å². The van der Waals surface area contributed by atoms with Gasteiger partial charge in [0.2, 0.25) is 11.8 Å². The van der Waals surface area contributed by atoms with Crippen molar-refractivity contribution < 1.29 is 24.3 Å². The molecule has 9 heteroatoms. The number of carboxylic acid groups (broad SMARTS) is 1. The van der Waals surface area contributed by atoms with E-state index in [2.05, 4.69) is 10.6 Å². The summed E-state index contributed by atoms with van der Waals surface area (Å²) in [5, 5.41) is 15.0. The summed E-state index contributed by atoms with van der Waals surface area (Å²) in [4.78, 5) is 48.9. The smallest absolute Gasteiger partial charge is 0.307 e. The number of nitrogens with zero attached hydrogens (tertiary/aromatic N) is 1. The Hall–Kier alpha value is -1.61. The summed E-state index contributed by atoms with van der Waals surface area (Å²) in [7, 11) is 0. The lowest BCUT2D eigenvalue weighted by molar-refractivity contribution is -0.143. The monoisotopic (exact) mass is 371 g/mol. The van der Waals surface area contributed by atoms with Crippen LogP contribution in [0.1, 0.15) is 19.8 Å². The zero-order valence-electron chi connectivity index (χ0n) is 14.3. The molecule has 25 heavy (non-hydrogen) atoms. The van der Waals surface area contributed by atoms with Crippen LogP contribution in [0.15, 0.2) is 0 Å². The first-order valence-electron chi connectivity index (χ1n) is 8.50. The Bertz CT molecular complexity index is 536. The highest BCUT2D eigenvalue weighted by Gasteiger charge is 2.39. The number of hydrogen-bond donors (Lipinski definition) is 3. The van der Waals surface area contributed by atoms with Crippen molar-refractivity contribution in [1.29, 1.82) is 0 Å².